The van der Waals surface area contributed by atoms with Crippen LogP contribution in [0.5, 0.6) is 5.88 Å². The molecule has 0 fully saturated rings. The summed E-state index contributed by atoms with van der Waals surface area (Å²) in [4.78, 5) is 28.9. The largest absolute Gasteiger partial charge is 0.481 e. The molecule has 0 saturated heterocycles. The number of aromatic amines is 1. The Kier molecular flexibility index (Phi) is 3.43. The fourth-order valence-corrected chi connectivity index (χ4v) is 1.56. The summed E-state index contributed by atoms with van der Waals surface area (Å²) in [6, 6.07) is 5.12. The second-order valence-electron chi connectivity index (χ2n) is 3.75. The Bertz CT molecular complexity index is 755. The van der Waals surface area contributed by atoms with Crippen LogP contribution in [0.3, 0.4) is 0 Å². The molecule has 19 heavy (non-hydrogen) atoms. The maximum atomic E-state index is 11.6. The molecule has 2 aromatic heterocycles. The summed E-state index contributed by atoms with van der Waals surface area (Å²) in [5, 5.41) is 8.77. The number of aromatic nitrogens is 3. The van der Waals surface area contributed by atoms with E-state index >= 15 is 0 Å². The second-order valence-corrected chi connectivity index (χ2v) is 3.75. The third-order valence-corrected chi connectivity index (χ3v) is 2.49. The van der Waals surface area contributed by atoms with Crippen LogP contribution in [0, 0.1) is 11.3 Å². The quantitative estimate of drug-likeness (QED) is 0.825. The predicted molar refractivity (Wildman–Crippen MR) is 65.9 cm³/mol. The number of methoxy groups -OCH3 is 1. The highest BCUT2D eigenvalue weighted by molar-refractivity contribution is 5.24. The molecule has 0 amide bonds. The van der Waals surface area contributed by atoms with Crippen LogP contribution in [0.2, 0.25) is 0 Å². The van der Waals surface area contributed by atoms with Crippen LogP contribution in [-0.2, 0) is 6.54 Å². The molecule has 1 N–H and O–H groups in total. The van der Waals surface area contributed by atoms with Crippen LogP contribution in [0.25, 0.3) is 0 Å². The monoisotopic (exact) mass is 258 g/mol. The average molecular weight is 258 g/mol. The van der Waals surface area contributed by atoms with E-state index in [1.807, 2.05) is 0 Å². The lowest BCUT2D eigenvalue weighted by Gasteiger charge is -2.06. The number of hydrogen-bond acceptors (Lipinski definition) is 5. The Morgan fingerprint density at radius 1 is 1.53 bits per heavy atom. The number of nitriles is 1. The van der Waals surface area contributed by atoms with Gasteiger partial charge in [0.15, 0.2) is 0 Å². The molecule has 0 aliphatic heterocycles. The van der Waals surface area contributed by atoms with Crippen molar-refractivity contribution in [1.29, 1.82) is 5.26 Å². The van der Waals surface area contributed by atoms with Gasteiger partial charge >= 0.3 is 5.69 Å². The van der Waals surface area contributed by atoms with Crippen LogP contribution < -0.4 is 16.0 Å². The molecule has 7 heteroatoms. The Morgan fingerprint density at radius 2 is 2.32 bits per heavy atom. The maximum absolute atomic E-state index is 11.6. The zero-order valence-corrected chi connectivity index (χ0v) is 10.1. The van der Waals surface area contributed by atoms with Crippen LogP contribution in [0.4, 0.5) is 0 Å². The summed E-state index contributed by atoms with van der Waals surface area (Å²) in [5.41, 5.74) is -0.596. The van der Waals surface area contributed by atoms with Crippen molar-refractivity contribution in [2.45, 2.75) is 6.54 Å². The zero-order valence-electron chi connectivity index (χ0n) is 10.1. The van der Waals surface area contributed by atoms with Gasteiger partial charge in [-0.2, -0.15) is 5.26 Å². The smallest absolute Gasteiger partial charge is 0.328 e. The molecule has 2 heterocycles. The fourth-order valence-electron chi connectivity index (χ4n) is 1.56. The average Bonchev–Trinajstić information content (AvgIpc) is 2.42. The van der Waals surface area contributed by atoms with E-state index in [0.717, 1.165) is 5.56 Å². The predicted octanol–water partition coefficient (Wildman–Crippen LogP) is -0.140. The lowest BCUT2D eigenvalue weighted by molar-refractivity contribution is 0.397. The molecule has 2 aromatic rings. The second kappa shape index (κ2) is 5.18. The Balaban J connectivity index is 2.41. The number of ether oxygens (including phenoxy) is 1. The van der Waals surface area contributed by atoms with Crippen molar-refractivity contribution >= 4 is 0 Å². The van der Waals surface area contributed by atoms with Gasteiger partial charge in [0.05, 0.1) is 13.7 Å². The molecule has 2 rings (SSSR count). The van der Waals surface area contributed by atoms with Crippen LogP contribution in [0.15, 0.2) is 34.1 Å². The standard InChI is InChI=1S/C12H10N4O3/c1-19-10-4-8(2-3-14-10)6-16-7-9(5-13)11(17)15-12(16)18/h2-4,7H,6H2,1H3,(H,15,17,18). The van der Waals surface area contributed by atoms with Gasteiger partial charge in [0, 0.05) is 18.5 Å². The summed E-state index contributed by atoms with van der Waals surface area (Å²) >= 11 is 0. The number of nitrogens with one attached hydrogen (secondary N) is 1. The first-order chi connectivity index (χ1) is 9.13. The van der Waals surface area contributed by atoms with E-state index in [1.165, 1.54) is 17.9 Å². The first-order valence-corrected chi connectivity index (χ1v) is 5.37. The molecule has 0 saturated carbocycles. The van der Waals surface area contributed by atoms with Gasteiger partial charge in [-0.05, 0) is 11.6 Å². The number of hydrogen-bond donors (Lipinski definition) is 1. The molecule has 0 unspecified atom stereocenters. The molecule has 0 spiro atoms. The van der Waals surface area contributed by atoms with E-state index < -0.39 is 11.2 Å². The van der Waals surface area contributed by atoms with Crippen molar-refractivity contribution < 1.29 is 4.74 Å². The summed E-state index contributed by atoms with van der Waals surface area (Å²) in [6.45, 7) is 0.211. The number of H-pyrrole nitrogens is 1. The molecule has 0 aliphatic rings. The van der Waals surface area contributed by atoms with E-state index in [4.69, 9.17) is 10.00 Å². The van der Waals surface area contributed by atoms with E-state index in [0.29, 0.717) is 5.88 Å². The lowest BCUT2D eigenvalue weighted by Crippen LogP contribution is -2.31. The number of nitrogens with zero attached hydrogens (tertiary/aromatic N) is 3. The van der Waals surface area contributed by atoms with Crippen LogP contribution in [-0.4, -0.2) is 21.6 Å². The number of rotatable bonds is 3. The molecule has 0 bridgehead atoms. The van der Waals surface area contributed by atoms with E-state index in [2.05, 4.69) is 9.97 Å². The molecule has 0 atom stereocenters. The molecule has 7 nitrogen and oxygen atoms in total. The minimum atomic E-state index is -0.684. The van der Waals surface area contributed by atoms with Crippen molar-refractivity contribution in [2.24, 2.45) is 0 Å². The summed E-state index contributed by atoms with van der Waals surface area (Å²) in [5.74, 6) is 0.426. The van der Waals surface area contributed by atoms with Crippen molar-refractivity contribution in [3.8, 4) is 11.9 Å². The Labute approximate surface area is 107 Å². The van der Waals surface area contributed by atoms with Gasteiger partial charge < -0.3 is 4.74 Å². The van der Waals surface area contributed by atoms with Gasteiger partial charge in [0.2, 0.25) is 5.88 Å². The molecule has 96 valence electrons. The van der Waals surface area contributed by atoms with Gasteiger partial charge in [-0.15, -0.1) is 0 Å². The Hall–Kier alpha value is -2.88. The van der Waals surface area contributed by atoms with Crippen molar-refractivity contribution in [3.63, 3.8) is 0 Å². The number of pyridine rings is 1. The van der Waals surface area contributed by atoms with Gasteiger partial charge in [-0.1, -0.05) is 0 Å². The van der Waals surface area contributed by atoms with Gasteiger partial charge in [0.25, 0.3) is 5.56 Å². The van der Waals surface area contributed by atoms with Gasteiger partial charge in [-0.25, -0.2) is 9.78 Å². The minimum Gasteiger partial charge on any atom is -0.481 e. The summed E-state index contributed by atoms with van der Waals surface area (Å²) in [6.07, 6.45) is 2.78. The molecular weight excluding hydrogens is 248 g/mol. The highest BCUT2D eigenvalue weighted by Gasteiger charge is 2.05. The molecule has 0 aliphatic carbocycles. The molecular formula is C12H10N4O3. The lowest BCUT2D eigenvalue weighted by atomic mass is 10.2. The first kappa shape index (κ1) is 12.6. The minimum absolute atomic E-state index is 0.111. The Morgan fingerprint density at radius 3 is 3.00 bits per heavy atom. The molecule has 0 aromatic carbocycles. The van der Waals surface area contributed by atoms with Gasteiger partial charge in [-0.3, -0.25) is 14.3 Å². The normalized spacial score (nSPS) is 9.89. The van der Waals surface area contributed by atoms with Crippen LogP contribution >= 0.6 is 0 Å². The first-order valence-electron chi connectivity index (χ1n) is 5.37. The fraction of sp³-hybridized carbons (Fsp3) is 0.167. The summed E-state index contributed by atoms with van der Waals surface area (Å²) < 4.78 is 6.22. The van der Waals surface area contributed by atoms with Crippen LogP contribution in [0.1, 0.15) is 11.1 Å². The third-order valence-electron chi connectivity index (χ3n) is 2.49. The SMILES string of the molecule is COc1cc(Cn2cc(C#N)c(=O)[nH]c2=O)ccn1. The third kappa shape index (κ3) is 2.69. The van der Waals surface area contributed by atoms with E-state index in [9.17, 15) is 9.59 Å². The summed E-state index contributed by atoms with van der Waals surface area (Å²) in [7, 11) is 1.49. The highest BCUT2D eigenvalue weighted by atomic mass is 16.5. The molecule has 0 radical (unpaired) electrons. The van der Waals surface area contributed by atoms with Crippen molar-refractivity contribution in [1.82, 2.24) is 14.5 Å². The van der Waals surface area contributed by atoms with Crippen molar-refractivity contribution in [3.05, 3.63) is 56.5 Å². The van der Waals surface area contributed by atoms with Gasteiger partial charge in [0.1, 0.15) is 11.6 Å². The van der Waals surface area contributed by atoms with E-state index in [1.54, 1.807) is 24.4 Å². The highest BCUT2D eigenvalue weighted by Crippen LogP contribution is 2.09. The zero-order chi connectivity index (χ0) is 13.8. The van der Waals surface area contributed by atoms with E-state index in [-0.39, 0.29) is 12.1 Å². The maximum Gasteiger partial charge on any atom is 0.328 e. The van der Waals surface area contributed by atoms with Crippen molar-refractivity contribution in [2.75, 3.05) is 7.11 Å². The topological polar surface area (TPSA) is 101 Å².